The van der Waals surface area contributed by atoms with Crippen molar-refractivity contribution in [2.45, 2.75) is 18.8 Å². The molecule has 0 heterocycles. The second-order valence-corrected chi connectivity index (χ2v) is 3.40. The zero-order valence-corrected chi connectivity index (χ0v) is 10.1. The van der Waals surface area contributed by atoms with Gasteiger partial charge >= 0.3 is 6.36 Å². The van der Waals surface area contributed by atoms with Gasteiger partial charge in [0, 0.05) is 11.6 Å². The third-order valence-electron chi connectivity index (χ3n) is 2.05. The fourth-order valence-electron chi connectivity index (χ4n) is 1.33. The first-order valence-electron chi connectivity index (χ1n) is 4.78. The van der Waals surface area contributed by atoms with E-state index in [0.29, 0.717) is 6.42 Å². The molecule has 0 aliphatic rings. The first-order valence-corrected chi connectivity index (χ1v) is 4.78. The van der Waals surface area contributed by atoms with E-state index in [4.69, 9.17) is 5.73 Å². The van der Waals surface area contributed by atoms with Crippen LogP contribution in [0.2, 0.25) is 0 Å². The van der Waals surface area contributed by atoms with Crippen LogP contribution in [0, 0.1) is 0 Å². The van der Waals surface area contributed by atoms with Crippen LogP contribution < -0.4 is 10.5 Å². The molecule has 0 aromatic heterocycles. The normalized spacial score (nSPS) is 12.4. The molecule has 0 aliphatic heterocycles. The lowest BCUT2D eigenvalue weighted by molar-refractivity contribution is -0.274. The number of hydrogen-bond donors (Lipinski definition) is 2. The Labute approximate surface area is 108 Å². The van der Waals surface area contributed by atoms with Crippen molar-refractivity contribution < 1.29 is 23.0 Å². The molecule has 18 heavy (non-hydrogen) atoms. The summed E-state index contributed by atoms with van der Waals surface area (Å²) in [6.45, 7) is 3.46. The van der Waals surface area contributed by atoms with Crippen LogP contribution in [-0.4, -0.2) is 11.5 Å². The monoisotopic (exact) mass is 283 g/mol. The van der Waals surface area contributed by atoms with Crippen LogP contribution in [-0.2, 0) is 0 Å². The van der Waals surface area contributed by atoms with Crippen molar-refractivity contribution in [2.75, 3.05) is 0 Å². The molecule has 7 heteroatoms. The summed E-state index contributed by atoms with van der Waals surface area (Å²) in [6, 6.07) is 2.58. The van der Waals surface area contributed by atoms with E-state index in [1.807, 2.05) is 0 Å². The average molecular weight is 284 g/mol. The van der Waals surface area contributed by atoms with Gasteiger partial charge in [-0.2, -0.15) is 0 Å². The van der Waals surface area contributed by atoms with Gasteiger partial charge in [0.05, 0.1) is 0 Å². The van der Waals surface area contributed by atoms with Gasteiger partial charge in [-0.05, 0) is 24.6 Å². The smallest absolute Gasteiger partial charge is 0.508 e. The molecule has 102 valence electrons. The summed E-state index contributed by atoms with van der Waals surface area (Å²) in [4.78, 5) is 0. The predicted octanol–water partition coefficient (Wildman–Crippen LogP) is 3.29. The van der Waals surface area contributed by atoms with Gasteiger partial charge in [-0.25, -0.2) is 0 Å². The molecule has 0 saturated heterocycles. The van der Waals surface area contributed by atoms with E-state index >= 15 is 0 Å². The zero-order chi connectivity index (χ0) is 13.1. The highest BCUT2D eigenvalue weighted by molar-refractivity contribution is 5.85. The third kappa shape index (κ3) is 4.85. The number of ether oxygens (including phenoxy) is 1. The summed E-state index contributed by atoms with van der Waals surface area (Å²) >= 11 is 0. The van der Waals surface area contributed by atoms with Crippen LogP contribution in [0.4, 0.5) is 13.2 Å². The molecule has 0 fully saturated rings. The van der Waals surface area contributed by atoms with Gasteiger partial charge < -0.3 is 15.6 Å². The minimum Gasteiger partial charge on any atom is -0.508 e. The Hall–Kier alpha value is -1.40. The van der Waals surface area contributed by atoms with E-state index in [1.165, 1.54) is 6.08 Å². The van der Waals surface area contributed by atoms with Crippen LogP contribution >= 0.6 is 12.4 Å². The fraction of sp³-hybridized carbons (Fsp3) is 0.273. The molecule has 0 bridgehead atoms. The SMILES string of the molecule is C=CC[C@H](N)c1cc(OC(F)(F)F)ccc1O.Cl. The average Bonchev–Trinajstić information content (AvgIpc) is 2.19. The number of nitrogens with two attached hydrogens (primary N) is 1. The largest absolute Gasteiger partial charge is 0.573 e. The van der Waals surface area contributed by atoms with Gasteiger partial charge in [0.1, 0.15) is 11.5 Å². The molecule has 0 unspecified atom stereocenters. The van der Waals surface area contributed by atoms with Gasteiger partial charge in [0.15, 0.2) is 0 Å². The molecule has 3 nitrogen and oxygen atoms in total. The van der Waals surface area contributed by atoms with Crippen LogP contribution in [0.1, 0.15) is 18.0 Å². The standard InChI is InChI=1S/C11H12F3NO2.ClH/c1-2-3-9(15)8-6-7(4-5-10(8)16)17-11(12,13)14;/h2,4-6,9,16H,1,3,15H2;1H/t9-;/m0./s1. The van der Waals surface area contributed by atoms with E-state index < -0.39 is 18.2 Å². The molecule has 0 radical (unpaired) electrons. The van der Waals surface area contributed by atoms with Crippen molar-refractivity contribution in [2.24, 2.45) is 5.73 Å². The van der Waals surface area contributed by atoms with E-state index in [9.17, 15) is 18.3 Å². The van der Waals surface area contributed by atoms with Gasteiger partial charge in [0.2, 0.25) is 0 Å². The number of aromatic hydroxyl groups is 1. The van der Waals surface area contributed by atoms with Crippen molar-refractivity contribution in [1.82, 2.24) is 0 Å². The maximum atomic E-state index is 12.0. The van der Waals surface area contributed by atoms with E-state index in [1.54, 1.807) is 0 Å². The highest BCUT2D eigenvalue weighted by atomic mass is 35.5. The number of phenols is 1. The van der Waals surface area contributed by atoms with Crippen molar-refractivity contribution in [3.05, 3.63) is 36.4 Å². The number of alkyl halides is 3. The Bertz CT molecular complexity index is 410. The Morgan fingerprint density at radius 2 is 2.06 bits per heavy atom. The molecular weight excluding hydrogens is 271 g/mol. The Balaban J connectivity index is 0.00000289. The summed E-state index contributed by atoms with van der Waals surface area (Å²) in [6.07, 6.45) is -2.92. The molecule has 3 N–H and O–H groups in total. The quantitative estimate of drug-likeness (QED) is 0.834. The first kappa shape index (κ1) is 16.6. The second kappa shape index (κ2) is 6.51. The number of halogens is 4. The molecule has 0 saturated carbocycles. The minimum absolute atomic E-state index is 0. The predicted molar refractivity (Wildman–Crippen MR) is 63.8 cm³/mol. The highest BCUT2D eigenvalue weighted by Crippen LogP contribution is 2.31. The molecule has 0 spiro atoms. The van der Waals surface area contributed by atoms with Gasteiger partial charge in [0.25, 0.3) is 0 Å². The number of rotatable bonds is 4. The summed E-state index contributed by atoms with van der Waals surface area (Å²) in [5.74, 6) is -0.585. The molecule has 1 rings (SSSR count). The summed E-state index contributed by atoms with van der Waals surface area (Å²) in [5, 5.41) is 9.48. The van der Waals surface area contributed by atoms with Crippen molar-refractivity contribution in [3.63, 3.8) is 0 Å². The maximum Gasteiger partial charge on any atom is 0.573 e. The molecule has 0 aliphatic carbocycles. The number of benzene rings is 1. The molecule has 1 atom stereocenters. The Morgan fingerprint density at radius 3 is 2.56 bits per heavy atom. The molecule has 1 aromatic rings. The Kier molecular flexibility index (Phi) is 6.00. The Morgan fingerprint density at radius 1 is 1.44 bits per heavy atom. The zero-order valence-electron chi connectivity index (χ0n) is 9.28. The third-order valence-corrected chi connectivity index (χ3v) is 2.05. The summed E-state index contributed by atoms with van der Waals surface area (Å²) < 4.78 is 39.7. The van der Waals surface area contributed by atoms with Crippen molar-refractivity contribution in [3.8, 4) is 11.5 Å². The molecular formula is C11H13ClF3NO2. The lowest BCUT2D eigenvalue weighted by Crippen LogP contribution is -2.17. The van der Waals surface area contributed by atoms with Crippen LogP contribution in [0.25, 0.3) is 0 Å². The van der Waals surface area contributed by atoms with E-state index in [0.717, 1.165) is 18.2 Å². The van der Waals surface area contributed by atoms with Crippen molar-refractivity contribution in [1.29, 1.82) is 0 Å². The molecule has 1 aromatic carbocycles. The summed E-state index contributed by atoms with van der Waals surface area (Å²) in [7, 11) is 0. The van der Waals surface area contributed by atoms with Gasteiger partial charge in [-0.15, -0.1) is 32.2 Å². The number of hydrogen-bond acceptors (Lipinski definition) is 3. The van der Waals surface area contributed by atoms with Gasteiger partial charge in [-0.3, -0.25) is 0 Å². The lowest BCUT2D eigenvalue weighted by Gasteiger charge is -2.14. The fourth-order valence-corrected chi connectivity index (χ4v) is 1.33. The lowest BCUT2D eigenvalue weighted by atomic mass is 10.0. The highest BCUT2D eigenvalue weighted by Gasteiger charge is 2.31. The van der Waals surface area contributed by atoms with Crippen LogP contribution in [0.5, 0.6) is 11.5 Å². The van der Waals surface area contributed by atoms with Crippen LogP contribution in [0.15, 0.2) is 30.9 Å². The second-order valence-electron chi connectivity index (χ2n) is 3.40. The van der Waals surface area contributed by atoms with E-state index in [-0.39, 0.29) is 23.7 Å². The van der Waals surface area contributed by atoms with Gasteiger partial charge in [-0.1, -0.05) is 6.08 Å². The van der Waals surface area contributed by atoms with Crippen LogP contribution in [0.3, 0.4) is 0 Å². The number of phenolic OH excluding ortho intramolecular Hbond substituents is 1. The van der Waals surface area contributed by atoms with Crippen molar-refractivity contribution >= 4 is 12.4 Å². The van der Waals surface area contributed by atoms with E-state index in [2.05, 4.69) is 11.3 Å². The topological polar surface area (TPSA) is 55.5 Å². The minimum atomic E-state index is -4.77. The summed E-state index contributed by atoms with van der Waals surface area (Å²) in [5.41, 5.74) is 5.86. The maximum absolute atomic E-state index is 12.0. The molecule has 0 amide bonds. The first-order chi connectivity index (χ1) is 7.83.